The van der Waals surface area contributed by atoms with Gasteiger partial charge in [0, 0.05) is 44.1 Å². The molecule has 2 nitrogen and oxygen atoms in total. The fourth-order valence-electron chi connectivity index (χ4n) is 2.56. The Morgan fingerprint density at radius 3 is 2.00 bits per heavy atom. The minimum absolute atomic E-state index is 0.329. The summed E-state index contributed by atoms with van der Waals surface area (Å²) in [5.41, 5.74) is 0.821. The maximum atomic E-state index is 6.04. The van der Waals surface area contributed by atoms with Gasteiger partial charge in [0.05, 0.1) is 0 Å². The van der Waals surface area contributed by atoms with Crippen LogP contribution in [0.25, 0.3) is 0 Å². The number of hydrogen-bond acceptors (Lipinski definition) is 2. The summed E-state index contributed by atoms with van der Waals surface area (Å²) >= 11 is 6.04. The third-order valence-electron chi connectivity index (χ3n) is 4.12. The first-order valence-electron chi connectivity index (χ1n) is 6.49. The van der Waals surface area contributed by atoms with Gasteiger partial charge in [-0.2, -0.15) is 0 Å². The van der Waals surface area contributed by atoms with Crippen LogP contribution in [0.3, 0.4) is 0 Å². The van der Waals surface area contributed by atoms with Gasteiger partial charge in [0.1, 0.15) is 0 Å². The molecule has 0 atom stereocenters. The van der Waals surface area contributed by atoms with Crippen LogP contribution in [0.4, 0.5) is 0 Å². The first-order valence-corrected chi connectivity index (χ1v) is 7.02. The topological polar surface area (TPSA) is 6.48 Å². The quantitative estimate of drug-likeness (QED) is 0.704. The van der Waals surface area contributed by atoms with Crippen molar-refractivity contribution < 1.29 is 0 Å². The molecule has 2 rings (SSSR count). The van der Waals surface area contributed by atoms with E-state index in [-0.39, 0.29) is 0 Å². The predicted octanol–water partition coefficient (Wildman–Crippen LogP) is 2.42. The summed E-state index contributed by atoms with van der Waals surface area (Å²) in [6.45, 7) is 13.0. The van der Waals surface area contributed by atoms with E-state index < -0.39 is 0 Å². The van der Waals surface area contributed by atoms with Crippen molar-refractivity contribution in [3.63, 3.8) is 0 Å². The van der Waals surface area contributed by atoms with E-state index in [4.69, 9.17) is 11.6 Å². The Morgan fingerprint density at radius 2 is 1.62 bits per heavy atom. The average Bonchev–Trinajstić information content (AvgIpc) is 2.98. The second kappa shape index (κ2) is 4.47. The standard InChI is InChI=1S/C13H25ClN2/c1-12(2,3)16-8-6-15(7-9-16)11-13(10-14)4-5-13/h4-11H2,1-3H3. The van der Waals surface area contributed by atoms with Crippen LogP contribution in [-0.4, -0.2) is 53.9 Å². The molecule has 1 saturated heterocycles. The molecule has 1 aliphatic carbocycles. The van der Waals surface area contributed by atoms with E-state index in [0.29, 0.717) is 11.0 Å². The first-order chi connectivity index (χ1) is 7.45. The van der Waals surface area contributed by atoms with Crippen molar-refractivity contribution in [3.05, 3.63) is 0 Å². The second-order valence-electron chi connectivity index (χ2n) is 6.57. The lowest BCUT2D eigenvalue weighted by Crippen LogP contribution is -2.54. The summed E-state index contributed by atoms with van der Waals surface area (Å²) in [7, 11) is 0. The van der Waals surface area contributed by atoms with Crippen molar-refractivity contribution in [1.82, 2.24) is 9.80 Å². The molecular weight excluding hydrogens is 220 g/mol. The van der Waals surface area contributed by atoms with Crippen molar-refractivity contribution >= 4 is 11.6 Å². The van der Waals surface area contributed by atoms with Crippen molar-refractivity contribution in [2.75, 3.05) is 38.6 Å². The highest BCUT2D eigenvalue weighted by Crippen LogP contribution is 2.47. The molecule has 0 aromatic heterocycles. The molecule has 0 unspecified atom stereocenters. The molecule has 0 bridgehead atoms. The molecule has 94 valence electrons. The molecule has 16 heavy (non-hydrogen) atoms. The number of alkyl halides is 1. The molecule has 0 aromatic rings. The van der Waals surface area contributed by atoms with Gasteiger partial charge in [0.2, 0.25) is 0 Å². The zero-order valence-electron chi connectivity index (χ0n) is 10.9. The number of nitrogens with zero attached hydrogens (tertiary/aromatic N) is 2. The Kier molecular flexibility index (Phi) is 3.54. The normalized spacial score (nSPS) is 27.0. The number of rotatable bonds is 3. The lowest BCUT2D eigenvalue weighted by atomic mass is 10.0. The molecule has 0 N–H and O–H groups in total. The zero-order valence-corrected chi connectivity index (χ0v) is 11.7. The number of hydrogen-bond donors (Lipinski definition) is 0. The molecule has 3 heteroatoms. The molecule has 1 saturated carbocycles. The van der Waals surface area contributed by atoms with Crippen molar-refractivity contribution in [2.24, 2.45) is 5.41 Å². The molecule has 0 amide bonds. The Balaban J connectivity index is 1.77. The molecular formula is C13H25ClN2. The van der Waals surface area contributed by atoms with Gasteiger partial charge in [0.15, 0.2) is 0 Å². The second-order valence-corrected chi connectivity index (χ2v) is 6.83. The Hall–Kier alpha value is 0.210. The highest BCUT2D eigenvalue weighted by molar-refractivity contribution is 6.18. The number of halogens is 1. The summed E-state index contributed by atoms with van der Waals surface area (Å²) in [4.78, 5) is 5.20. The van der Waals surface area contributed by atoms with Crippen LogP contribution < -0.4 is 0 Å². The van der Waals surface area contributed by atoms with E-state index >= 15 is 0 Å². The van der Waals surface area contributed by atoms with Crippen LogP contribution in [0.1, 0.15) is 33.6 Å². The fourth-order valence-corrected chi connectivity index (χ4v) is 2.91. The smallest absolute Gasteiger partial charge is 0.0292 e. The minimum atomic E-state index is 0.329. The van der Waals surface area contributed by atoms with Crippen LogP contribution in [0.15, 0.2) is 0 Å². The van der Waals surface area contributed by atoms with Gasteiger partial charge in [-0.1, -0.05) is 0 Å². The lowest BCUT2D eigenvalue weighted by Gasteiger charge is -2.43. The number of piperazine rings is 1. The largest absolute Gasteiger partial charge is 0.300 e. The van der Waals surface area contributed by atoms with Gasteiger partial charge in [-0.3, -0.25) is 4.90 Å². The van der Waals surface area contributed by atoms with Crippen molar-refractivity contribution in [3.8, 4) is 0 Å². The molecule has 0 radical (unpaired) electrons. The molecule has 2 fully saturated rings. The third kappa shape index (κ3) is 2.91. The van der Waals surface area contributed by atoms with Crippen LogP contribution in [0.5, 0.6) is 0 Å². The monoisotopic (exact) mass is 244 g/mol. The van der Waals surface area contributed by atoms with Crippen LogP contribution in [0.2, 0.25) is 0 Å². The summed E-state index contributed by atoms with van der Waals surface area (Å²) in [5, 5.41) is 0. The maximum absolute atomic E-state index is 6.04. The van der Waals surface area contributed by atoms with E-state index in [9.17, 15) is 0 Å². The van der Waals surface area contributed by atoms with Crippen molar-refractivity contribution in [1.29, 1.82) is 0 Å². The van der Waals surface area contributed by atoms with Gasteiger partial charge >= 0.3 is 0 Å². The lowest BCUT2D eigenvalue weighted by molar-refractivity contribution is 0.0548. The molecule has 1 aliphatic heterocycles. The molecule has 0 spiro atoms. The van der Waals surface area contributed by atoms with E-state index in [1.165, 1.54) is 45.6 Å². The zero-order chi connectivity index (χ0) is 11.8. The van der Waals surface area contributed by atoms with Crippen molar-refractivity contribution in [2.45, 2.75) is 39.2 Å². The van der Waals surface area contributed by atoms with E-state index in [1.54, 1.807) is 0 Å². The summed E-state index contributed by atoms with van der Waals surface area (Å²) in [6.07, 6.45) is 2.69. The van der Waals surface area contributed by atoms with Gasteiger partial charge in [-0.15, -0.1) is 11.6 Å². The average molecular weight is 245 g/mol. The van der Waals surface area contributed by atoms with Crippen LogP contribution >= 0.6 is 11.6 Å². The van der Waals surface area contributed by atoms with Crippen LogP contribution in [-0.2, 0) is 0 Å². The van der Waals surface area contributed by atoms with E-state index in [1.807, 2.05) is 0 Å². The Morgan fingerprint density at radius 1 is 1.06 bits per heavy atom. The predicted molar refractivity (Wildman–Crippen MR) is 70.2 cm³/mol. The van der Waals surface area contributed by atoms with E-state index in [2.05, 4.69) is 30.6 Å². The third-order valence-corrected chi connectivity index (χ3v) is 4.69. The van der Waals surface area contributed by atoms with Gasteiger partial charge in [-0.05, 0) is 39.0 Å². The Labute approximate surface area is 105 Å². The molecule has 1 heterocycles. The summed E-state index contributed by atoms with van der Waals surface area (Å²) < 4.78 is 0. The Bertz CT molecular complexity index is 235. The molecule has 0 aromatic carbocycles. The molecule has 2 aliphatic rings. The fraction of sp³-hybridized carbons (Fsp3) is 1.00. The summed E-state index contributed by atoms with van der Waals surface area (Å²) in [6, 6.07) is 0. The van der Waals surface area contributed by atoms with Crippen LogP contribution in [0, 0.1) is 5.41 Å². The van der Waals surface area contributed by atoms with E-state index in [0.717, 1.165) is 5.88 Å². The maximum Gasteiger partial charge on any atom is 0.0292 e. The first kappa shape index (κ1) is 12.7. The van der Waals surface area contributed by atoms with Gasteiger partial charge in [-0.25, -0.2) is 0 Å². The SMILES string of the molecule is CC(C)(C)N1CCN(CC2(CCl)CC2)CC1. The van der Waals surface area contributed by atoms with Gasteiger partial charge in [0.25, 0.3) is 0 Å². The summed E-state index contributed by atoms with van der Waals surface area (Å²) in [5.74, 6) is 0.854. The highest BCUT2D eigenvalue weighted by Gasteiger charge is 2.43. The van der Waals surface area contributed by atoms with Gasteiger partial charge < -0.3 is 4.90 Å². The highest BCUT2D eigenvalue weighted by atomic mass is 35.5. The minimum Gasteiger partial charge on any atom is -0.300 e.